The summed E-state index contributed by atoms with van der Waals surface area (Å²) in [6.45, 7) is 0. The number of benzene rings is 1. The maximum Gasteiger partial charge on any atom is 0.305 e. The molecule has 0 aromatic heterocycles. The van der Waals surface area contributed by atoms with Gasteiger partial charge in [0.25, 0.3) is 0 Å². The van der Waals surface area contributed by atoms with Crippen LogP contribution in [0.3, 0.4) is 0 Å². The van der Waals surface area contributed by atoms with Crippen molar-refractivity contribution in [3.63, 3.8) is 0 Å². The maximum atomic E-state index is 12.4. The quantitative estimate of drug-likeness (QED) is 0.878. The minimum absolute atomic E-state index is 0.0307. The lowest BCUT2D eigenvalue weighted by Gasteiger charge is -2.28. The van der Waals surface area contributed by atoms with E-state index in [-0.39, 0.29) is 12.3 Å². The minimum atomic E-state index is -0.832. The zero-order chi connectivity index (χ0) is 16.3. The zero-order valence-corrected chi connectivity index (χ0v) is 13.6. The predicted molar refractivity (Wildman–Crippen MR) is 88.4 cm³/mol. The molecule has 0 aliphatic heterocycles. The van der Waals surface area contributed by atoms with Crippen LogP contribution in [-0.2, 0) is 28.9 Å². The Balaban J connectivity index is 1.65. The average molecular weight is 315 g/mol. The molecule has 0 radical (unpaired) electrons. The van der Waals surface area contributed by atoms with Crippen LogP contribution < -0.4 is 5.32 Å². The molecular formula is C19H25NO3. The van der Waals surface area contributed by atoms with Gasteiger partial charge in [0.2, 0.25) is 5.91 Å². The van der Waals surface area contributed by atoms with Gasteiger partial charge in [-0.25, -0.2) is 0 Å². The van der Waals surface area contributed by atoms with Crippen LogP contribution in [0.2, 0.25) is 0 Å². The lowest BCUT2D eigenvalue weighted by molar-refractivity contribution is -0.139. The number of fused-ring (bicyclic) bond motifs is 1. The van der Waals surface area contributed by atoms with E-state index in [4.69, 9.17) is 5.11 Å². The molecule has 0 spiro atoms. The first-order valence-electron chi connectivity index (χ1n) is 8.70. The normalized spacial score (nSPS) is 19.1. The third kappa shape index (κ3) is 3.92. The van der Waals surface area contributed by atoms with Crippen LogP contribution in [0.5, 0.6) is 0 Å². The van der Waals surface area contributed by atoms with Gasteiger partial charge in [-0.05, 0) is 55.2 Å². The van der Waals surface area contributed by atoms with E-state index in [2.05, 4.69) is 17.4 Å². The Kier molecular flexibility index (Phi) is 4.69. The van der Waals surface area contributed by atoms with Crippen molar-refractivity contribution in [3.8, 4) is 0 Å². The first-order valence-corrected chi connectivity index (χ1v) is 8.70. The summed E-state index contributed by atoms with van der Waals surface area (Å²) in [5.41, 5.74) is 3.30. The van der Waals surface area contributed by atoms with Gasteiger partial charge in [0, 0.05) is 0 Å². The second kappa shape index (κ2) is 6.73. The van der Waals surface area contributed by atoms with Crippen molar-refractivity contribution in [2.24, 2.45) is 0 Å². The summed E-state index contributed by atoms with van der Waals surface area (Å²) in [4.78, 5) is 23.5. The Hall–Kier alpha value is -1.84. The zero-order valence-electron chi connectivity index (χ0n) is 13.6. The highest BCUT2D eigenvalue weighted by Crippen LogP contribution is 2.32. The van der Waals surface area contributed by atoms with Crippen LogP contribution in [0.15, 0.2) is 18.2 Å². The molecule has 1 amide bonds. The Morgan fingerprint density at radius 1 is 1.04 bits per heavy atom. The van der Waals surface area contributed by atoms with Crippen molar-refractivity contribution >= 4 is 11.9 Å². The highest BCUT2D eigenvalue weighted by Gasteiger charge is 2.37. The molecule has 2 N–H and O–H groups in total. The Morgan fingerprint density at radius 2 is 1.74 bits per heavy atom. The van der Waals surface area contributed by atoms with E-state index in [1.165, 1.54) is 24.0 Å². The van der Waals surface area contributed by atoms with E-state index < -0.39 is 11.5 Å². The fraction of sp³-hybridized carbons (Fsp3) is 0.579. The topological polar surface area (TPSA) is 66.4 Å². The number of amides is 1. The van der Waals surface area contributed by atoms with Crippen LogP contribution in [0.25, 0.3) is 0 Å². The molecule has 2 aliphatic carbocycles. The predicted octanol–water partition coefficient (Wildman–Crippen LogP) is 3.01. The SMILES string of the molecule is O=C(O)CC1(NC(=O)Cc2ccc3c(c2)CCCC3)CCCC1. The molecule has 0 unspecified atom stereocenters. The first kappa shape index (κ1) is 16.0. The molecule has 1 fully saturated rings. The van der Waals surface area contributed by atoms with Gasteiger partial charge < -0.3 is 10.4 Å². The number of nitrogens with one attached hydrogen (secondary N) is 1. The largest absolute Gasteiger partial charge is 0.481 e. The lowest BCUT2D eigenvalue weighted by Crippen LogP contribution is -2.48. The molecule has 1 aromatic rings. The summed E-state index contributed by atoms with van der Waals surface area (Å²) in [5, 5.41) is 12.2. The van der Waals surface area contributed by atoms with Crippen LogP contribution in [-0.4, -0.2) is 22.5 Å². The van der Waals surface area contributed by atoms with Gasteiger partial charge in [-0.15, -0.1) is 0 Å². The highest BCUT2D eigenvalue weighted by atomic mass is 16.4. The van der Waals surface area contributed by atoms with Crippen LogP contribution in [0.1, 0.15) is 61.6 Å². The first-order chi connectivity index (χ1) is 11.1. The third-order valence-electron chi connectivity index (χ3n) is 5.23. The summed E-state index contributed by atoms with van der Waals surface area (Å²) in [5.74, 6) is -0.884. The highest BCUT2D eigenvalue weighted by molar-refractivity contribution is 5.80. The number of hydrogen-bond donors (Lipinski definition) is 2. The standard InChI is InChI=1S/C19H25NO3/c21-17(20-19(13-18(22)23)9-3-4-10-19)12-14-7-8-15-5-1-2-6-16(15)11-14/h7-8,11H,1-6,9-10,12-13H2,(H,20,21)(H,22,23). The molecule has 0 atom stereocenters. The van der Waals surface area contributed by atoms with Crippen molar-refractivity contribution in [3.05, 3.63) is 34.9 Å². The van der Waals surface area contributed by atoms with Gasteiger partial charge in [-0.1, -0.05) is 31.0 Å². The molecule has 0 heterocycles. The number of aliphatic carboxylic acids is 1. The number of carbonyl (C=O) groups excluding carboxylic acids is 1. The maximum absolute atomic E-state index is 12.4. The van der Waals surface area contributed by atoms with Gasteiger partial charge in [-0.2, -0.15) is 0 Å². The minimum Gasteiger partial charge on any atom is -0.481 e. The molecule has 0 saturated heterocycles. The monoisotopic (exact) mass is 315 g/mol. The Bertz CT molecular complexity index is 603. The van der Waals surface area contributed by atoms with E-state index in [1.54, 1.807) is 0 Å². The third-order valence-corrected chi connectivity index (χ3v) is 5.23. The van der Waals surface area contributed by atoms with E-state index >= 15 is 0 Å². The van der Waals surface area contributed by atoms with Crippen molar-refractivity contribution < 1.29 is 14.7 Å². The second-order valence-corrected chi connectivity index (χ2v) is 7.09. The molecule has 124 valence electrons. The number of rotatable bonds is 5. The smallest absolute Gasteiger partial charge is 0.305 e. The molecule has 3 rings (SSSR count). The van der Waals surface area contributed by atoms with Crippen molar-refractivity contribution in [1.29, 1.82) is 0 Å². The van der Waals surface area contributed by atoms with E-state index in [9.17, 15) is 9.59 Å². The lowest BCUT2D eigenvalue weighted by atomic mass is 9.89. The number of carboxylic acid groups (broad SMARTS) is 1. The fourth-order valence-corrected chi connectivity index (χ4v) is 4.11. The molecule has 4 nitrogen and oxygen atoms in total. The number of carboxylic acids is 1. The number of aryl methyl sites for hydroxylation is 2. The van der Waals surface area contributed by atoms with E-state index in [0.29, 0.717) is 6.42 Å². The van der Waals surface area contributed by atoms with Crippen LogP contribution >= 0.6 is 0 Å². The van der Waals surface area contributed by atoms with E-state index in [1.807, 2.05) is 6.07 Å². The molecule has 0 bridgehead atoms. The summed E-state index contributed by atoms with van der Waals surface area (Å²) in [6, 6.07) is 6.36. The van der Waals surface area contributed by atoms with Gasteiger partial charge in [0.05, 0.1) is 18.4 Å². The molecule has 1 saturated carbocycles. The van der Waals surface area contributed by atoms with E-state index in [0.717, 1.165) is 44.1 Å². The van der Waals surface area contributed by atoms with Gasteiger partial charge >= 0.3 is 5.97 Å². The molecule has 23 heavy (non-hydrogen) atoms. The average Bonchev–Trinajstić information content (AvgIpc) is 2.94. The summed E-state index contributed by atoms with van der Waals surface area (Å²) in [6.07, 6.45) is 8.63. The van der Waals surface area contributed by atoms with Crippen LogP contribution in [0.4, 0.5) is 0 Å². The molecule has 2 aliphatic rings. The van der Waals surface area contributed by atoms with Gasteiger partial charge in [0.15, 0.2) is 0 Å². The molecular weight excluding hydrogens is 290 g/mol. The summed E-state index contributed by atoms with van der Waals surface area (Å²) in [7, 11) is 0. The van der Waals surface area contributed by atoms with Gasteiger partial charge in [-0.3, -0.25) is 9.59 Å². The van der Waals surface area contributed by atoms with Crippen molar-refractivity contribution in [2.75, 3.05) is 0 Å². The van der Waals surface area contributed by atoms with Crippen molar-refractivity contribution in [2.45, 2.75) is 69.7 Å². The summed E-state index contributed by atoms with van der Waals surface area (Å²) >= 11 is 0. The second-order valence-electron chi connectivity index (χ2n) is 7.09. The van der Waals surface area contributed by atoms with Crippen LogP contribution in [0, 0.1) is 0 Å². The Morgan fingerprint density at radius 3 is 2.43 bits per heavy atom. The molecule has 4 heteroatoms. The fourth-order valence-electron chi connectivity index (χ4n) is 4.11. The summed E-state index contributed by atoms with van der Waals surface area (Å²) < 4.78 is 0. The van der Waals surface area contributed by atoms with Gasteiger partial charge in [0.1, 0.15) is 0 Å². The molecule has 1 aromatic carbocycles. The number of carbonyl (C=O) groups is 2. The Labute approximate surface area is 137 Å². The number of hydrogen-bond acceptors (Lipinski definition) is 2. The van der Waals surface area contributed by atoms with Crippen molar-refractivity contribution in [1.82, 2.24) is 5.32 Å².